The van der Waals surface area contributed by atoms with Gasteiger partial charge < -0.3 is 4.42 Å². The third-order valence-corrected chi connectivity index (χ3v) is 10.7. The molecule has 0 saturated heterocycles. The normalized spacial score (nSPS) is 11.8. The molecule has 0 radical (unpaired) electrons. The standard InChI is InChI=1S/C50H30N2O/c1-3-16-43-40(13-1)41-14-2-4-17-44(41)49-48(43)51-30-46(52-49)34-12-7-11-33(29-34)36-19-9-21-38-35(18-8-22-39(36)38)31-25-27-32(28-26-31)37-20-10-23-45-42-15-5-6-24-47(42)53-50(37)45/h1-30H. The molecule has 53 heavy (non-hydrogen) atoms. The van der Waals surface area contributed by atoms with Crippen LogP contribution in [0.25, 0.3) is 110 Å². The number of fused-ring (bicyclic) bond motifs is 10. The minimum absolute atomic E-state index is 0.860. The van der Waals surface area contributed by atoms with Gasteiger partial charge in [0, 0.05) is 32.7 Å². The van der Waals surface area contributed by atoms with Crippen LogP contribution in [0.5, 0.6) is 0 Å². The van der Waals surface area contributed by atoms with Crippen LogP contribution >= 0.6 is 0 Å². The van der Waals surface area contributed by atoms with Gasteiger partial charge in [-0.2, -0.15) is 0 Å². The second-order valence-corrected chi connectivity index (χ2v) is 13.7. The topological polar surface area (TPSA) is 38.9 Å². The Labute approximate surface area is 305 Å². The lowest BCUT2D eigenvalue weighted by Gasteiger charge is -2.13. The summed E-state index contributed by atoms with van der Waals surface area (Å²) in [6.45, 7) is 0. The predicted molar refractivity (Wildman–Crippen MR) is 221 cm³/mol. The van der Waals surface area contributed by atoms with Gasteiger partial charge in [-0.1, -0.05) is 164 Å². The largest absolute Gasteiger partial charge is 0.455 e. The highest BCUT2D eigenvalue weighted by molar-refractivity contribution is 6.23. The van der Waals surface area contributed by atoms with Gasteiger partial charge in [0.1, 0.15) is 11.2 Å². The number of aromatic nitrogens is 2. The van der Waals surface area contributed by atoms with Gasteiger partial charge in [-0.05, 0) is 61.5 Å². The third-order valence-electron chi connectivity index (χ3n) is 10.7. The van der Waals surface area contributed by atoms with Crippen LogP contribution in [-0.2, 0) is 0 Å². The summed E-state index contributed by atoms with van der Waals surface area (Å²) in [7, 11) is 0. The van der Waals surface area contributed by atoms with E-state index in [1.807, 2.05) is 18.3 Å². The second-order valence-electron chi connectivity index (χ2n) is 13.7. The number of nitrogens with zero attached hydrogens (tertiary/aromatic N) is 2. The quantitative estimate of drug-likeness (QED) is 0.174. The van der Waals surface area contributed by atoms with Crippen molar-refractivity contribution in [2.24, 2.45) is 0 Å². The molecule has 0 aliphatic rings. The molecule has 3 heteroatoms. The molecule has 246 valence electrons. The van der Waals surface area contributed by atoms with Crippen molar-refractivity contribution in [3.05, 3.63) is 182 Å². The molecule has 0 spiro atoms. The number of para-hydroxylation sites is 2. The van der Waals surface area contributed by atoms with Crippen molar-refractivity contribution in [2.75, 3.05) is 0 Å². The number of hydrogen-bond acceptors (Lipinski definition) is 3. The van der Waals surface area contributed by atoms with Gasteiger partial charge in [-0.15, -0.1) is 0 Å². The van der Waals surface area contributed by atoms with Crippen molar-refractivity contribution in [1.82, 2.24) is 9.97 Å². The van der Waals surface area contributed by atoms with E-state index in [9.17, 15) is 0 Å². The third kappa shape index (κ3) is 4.68. The van der Waals surface area contributed by atoms with Crippen LogP contribution in [0.3, 0.4) is 0 Å². The van der Waals surface area contributed by atoms with Crippen LogP contribution in [0.1, 0.15) is 0 Å². The minimum atomic E-state index is 0.860. The minimum Gasteiger partial charge on any atom is -0.455 e. The molecule has 0 aliphatic carbocycles. The highest BCUT2D eigenvalue weighted by Gasteiger charge is 2.15. The van der Waals surface area contributed by atoms with Gasteiger partial charge >= 0.3 is 0 Å². The van der Waals surface area contributed by atoms with E-state index < -0.39 is 0 Å². The van der Waals surface area contributed by atoms with Gasteiger partial charge in [0.15, 0.2) is 0 Å². The SMILES string of the molecule is c1cc(-c2cnc3c4ccccc4c4ccccc4c3n2)cc(-c2cccc3c(-c4ccc(-c5cccc6c5oc5ccccc56)cc4)cccc23)c1. The lowest BCUT2D eigenvalue weighted by atomic mass is 9.91. The molecule has 11 rings (SSSR count). The fourth-order valence-corrected chi connectivity index (χ4v) is 8.23. The van der Waals surface area contributed by atoms with Crippen LogP contribution in [0, 0.1) is 0 Å². The van der Waals surface area contributed by atoms with E-state index in [-0.39, 0.29) is 0 Å². The van der Waals surface area contributed by atoms with E-state index in [1.165, 1.54) is 38.2 Å². The first-order valence-corrected chi connectivity index (χ1v) is 18.0. The van der Waals surface area contributed by atoms with Crippen molar-refractivity contribution in [2.45, 2.75) is 0 Å². The van der Waals surface area contributed by atoms with Gasteiger partial charge in [-0.25, -0.2) is 4.98 Å². The van der Waals surface area contributed by atoms with Crippen molar-refractivity contribution in [3.63, 3.8) is 0 Å². The predicted octanol–water partition coefficient (Wildman–Crippen LogP) is 13.7. The maximum Gasteiger partial charge on any atom is 0.143 e. The Morgan fingerprint density at radius 1 is 0.340 bits per heavy atom. The molecule has 0 aliphatic heterocycles. The maximum atomic E-state index is 6.35. The number of furan rings is 1. The first-order valence-electron chi connectivity index (χ1n) is 18.0. The van der Waals surface area contributed by atoms with Gasteiger partial charge in [0.05, 0.1) is 22.9 Å². The average Bonchev–Trinajstić information content (AvgIpc) is 3.62. The van der Waals surface area contributed by atoms with Crippen molar-refractivity contribution in [3.8, 4) is 44.6 Å². The molecular weight excluding hydrogens is 645 g/mol. The van der Waals surface area contributed by atoms with Crippen molar-refractivity contribution in [1.29, 1.82) is 0 Å². The fourth-order valence-electron chi connectivity index (χ4n) is 8.23. The summed E-state index contributed by atoms with van der Waals surface area (Å²) in [6.07, 6.45) is 1.92. The van der Waals surface area contributed by atoms with Gasteiger partial charge in [0.25, 0.3) is 0 Å². The summed E-state index contributed by atoms with van der Waals surface area (Å²) in [5.74, 6) is 0. The van der Waals surface area contributed by atoms with Crippen LogP contribution in [-0.4, -0.2) is 9.97 Å². The highest BCUT2D eigenvalue weighted by atomic mass is 16.3. The summed E-state index contributed by atoms with van der Waals surface area (Å²) in [5, 5.41) is 9.35. The van der Waals surface area contributed by atoms with E-state index in [4.69, 9.17) is 14.4 Å². The molecule has 2 heterocycles. The molecule has 3 nitrogen and oxygen atoms in total. The van der Waals surface area contributed by atoms with Gasteiger partial charge in [-0.3, -0.25) is 4.98 Å². The Bertz CT molecular complexity index is 3190. The van der Waals surface area contributed by atoms with E-state index in [0.29, 0.717) is 0 Å². The van der Waals surface area contributed by atoms with Crippen molar-refractivity contribution < 1.29 is 4.42 Å². The lowest BCUT2D eigenvalue weighted by Crippen LogP contribution is -1.92. The zero-order chi connectivity index (χ0) is 34.9. The first kappa shape index (κ1) is 29.6. The van der Waals surface area contributed by atoms with Crippen LogP contribution in [0.15, 0.2) is 187 Å². The van der Waals surface area contributed by atoms with E-state index in [2.05, 4.69) is 164 Å². The Morgan fingerprint density at radius 2 is 0.849 bits per heavy atom. The molecule has 0 amide bonds. The molecule has 2 aromatic heterocycles. The number of rotatable bonds is 4. The Kier molecular flexibility index (Phi) is 6.55. The molecule has 0 N–H and O–H groups in total. The van der Waals surface area contributed by atoms with Crippen LogP contribution in [0.4, 0.5) is 0 Å². The Morgan fingerprint density at radius 3 is 1.57 bits per heavy atom. The van der Waals surface area contributed by atoms with E-state index in [0.717, 1.165) is 71.7 Å². The maximum absolute atomic E-state index is 6.35. The van der Waals surface area contributed by atoms with Gasteiger partial charge in [0.2, 0.25) is 0 Å². The Balaban J connectivity index is 0.985. The zero-order valence-electron chi connectivity index (χ0n) is 28.6. The summed E-state index contributed by atoms with van der Waals surface area (Å²) in [5.41, 5.74) is 12.5. The molecule has 0 saturated carbocycles. The molecule has 0 atom stereocenters. The Hall–Kier alpha value is -7.10. The summed E-state index contributed by atoms with van der Waals surface area (Å²) < 4.78 is 6.35. The zero-order valence-corrected chi connectivity index (χ0v) is 28.6. The molecule has 9 aromatic carbocycles. The monoisotopic (exact) mass is 674 g/mol. The molecule has 0 bridgehead atoms. The summed E-state index contributed by atoms with van der Waals surface area (Å²) in [6, 6.07) is 62.4. The molecule has 11 aromatic rings. The van der Waals surface area contributed by atoms with Crippen molar-refractivity contribution >= 4 is 65.3 Å². The summed E-state index contributed by atoms with van der Waals surface area (Å²) >= 11 is 0. The van der Waals surface area contributed by atoms with E-state index in [1.54, 1.807) is 0 Å². The summed E-state index contributed by atoms with van der Waals surface area (Å²) in [4.78, 5) is 10.3. The van der Waals surface area contributed by atoms with Crippen LogP contribution in [0.2, 0.25) is 0 Å². The lowest BCUT2D eigenvalue weighted by molar-refractivity contribution is 0.670. The highest BCUT2D eigenvalue weighted by Crippen LogP contribution is 2.40. The molecular formula is C50H30N2O. The second kappa shape index (κ2) is 11.7. The fraction of sp³-hybridized carbons (Fsp3) is 0. The number of benzene rings is 9. The van der Waals surface area contributed by atoms with Crippen LogP contribution < -0.4 is 0 Å². The average molecular weight is 675 g/mol. The molecule has 0 fully saturated rings. The smallest absolute Gasteiger partial charge is 0.143 e. The molecule has 0 unspecified atom stereocenters. The number of hydrogen-bond donors (Lipinski definition) is 0. The van der Waals surface area contributed by atoms with E-state index >= 15 is 0 Å². The first-order chi connectivity index (χ1) is 26.3.